The molecule has 0 saturated carbocycles. The number of anilines is 1. The molecule has 0 heterocycles. The summed E-state index contributed by atoms with van der Waals surface area (Å²) in [6.07, 6.45) is 1.41. The summed E-state index contributed by atoms with van der Waals surface area (Å²) < 4.78 is 6.61. The molecule has 0 spiro atoms. The summed E-state index contributed by atoms with van der Waals surface area (Å²) in [6.45, 7) is 1.74. The third-order valence-electron chi connectivity index (χ3n) is 2.86. The third kappa shape index (κ3) is 4.51. The van der Waals surface area contributed by atoms with Gasteiger partial charge in [-0.15, -0.1) is 11.8 Å². The van der Waals surface area contributed by atoms with Gasteiger partial charge < -0.3 is 10.1 Å². The van der Waals surface area contributed by atoms with Crippen LogP contribution in [0.4, 0.5) is 5.69 Å². The lowest BCUT2D eigenvalue weighted by molar-refractivity contribution is -0.122. The van der Waals surface area contributed by atoms with Crippen LogP contribution in [0, 0.1) is 0 Å². The van der Waals surface area contributed by atoms with E-state index < -0.39 is 6.10 Å². The zero-order chi connectivity index (χ0) is 15.2. The molecule has 1 atom stereocenters. The average Bonchev–Trinajstić information content (AvgIpc) is 2.50. The van der Waals surface area contributed by atoms with Gasteiger partial charge in [-0.1, -0.05) is 28.1 Å². The summed E-state index contributed by atoms with van der Waals surface area (Å²) in [5.41, 5.74) is 0.807. The molecule has 2 aromatic carbocycles. The number of halogens is 1. The van der Waals surface area contributed by atoms with E-state index in [4.69, 9.17) is 4.74 Å². The van der Waals surface area contributed by atoms with Gasteiger partial charge in [0, 0.05) is 9.37 Å². The van der Waals surface area contributed by atoms with Crippen molar-refractivity contribution in [2.75, 3.05) is 11.6 Å². The smallest absolute Gasteiger partial charge is 0.265 e. The minimum absolute atomic E-state index is 0.167. The van der Waals surface area contributed by atoms with E-state index >= 15 is 0 Å². The number of carbonyl (C=O) groups is 1. The van der Waals surface area contributed by atoms with Crippen molar-refractivity contribution in [3.63, 3.8) is 0 Å². The Kier molecular flexibility index (Phi) is 5.70. The molecule has 110 valence electrons. The van der Waals surface area contributed by atoms with Crippen LogP contribution in [-0.2, 0) is 4.79 Å². The Labute approximate surface area is 137 Å². The minimum atomic E-state index is -0.568. The zero-order valence-electron chi connectivity index (χ0n) is 11.8. The van der Waals surface area contributed by atoms with Crippen molar-refractivity contribution in [2.24, 2.45) is 0 Å². The van der Waals surface area contributed by atoms with Crippen LogP contribution >= 0.6 is 27.7 Å². The van der Waals surface area contributed by atoms with Gasteiger partial charge >= 0.3 is 0 Å². The van der Waals surface area contributed by atoms with Crippen molar-refractivity contribution in [3.8, 4) is 5.75 Å². The normalized spacial score (nSPS) is 11.8. The first kappa shape index (κ1) is 15.9. The van der Waals surface area contributed by atoms with Gasteiger partial charge in [-0.05, 0) is 49.6 Å². The second-order valence-electron chi connectivity index (χ2n) is 4.40. The fraction of sp³-hybridized carbons (Fsp3) is 0.188. The first-order valence-corrected chi connectivity index (χ1v) is 8.48. The number of hydrogen-bond donors (Lipinski definition) is 1. The topological polar surface area (TPSA) is 38.3 Å². The number of benzene rings is 2. The van der Waals surface area contributed by atoms with Gasteiger partial charge in [0.15, 0.2) is 6.10 Å². The second-order valence-corrected chi connectivity index (χ2v) is 6.17. The summed E-state index contributed by atoms with van der Waals surface area (Å²) in [5, 5.41) is 2.90. The summed E-state index contributed by atoms with van der Waals surface area (Å²) >= 11 is 4.96. The molecule has 1 N–H and O–H groups in total. The van der Waals surface area contributed by atoms with Gasteiger partial charge in [0.05, 0.1) is 5.69 Å². The molecule has 0 saturated heterocycles. The molecule has 3 nitrogen and oxygen atoms in total. The molecule has 5 heteroatoms. The van der Waals surface area contributed by atoms with Crippen molar-refractivity contribution >= 4 is 39.3 Å². The predicted molar refractivity (Wildman–Crippen MR) is 91.1 cm³/mol. The Morgan fingerprint density at radius 1 is 1.19 bits per heavy atom. The number of hydrogen-bond acceptors (Lipinski definition) is 3. The SMILES string of the molecule is CSc1ccccc1NC(=O)[C@H](C)Oc1ccc(Br)cc1. The van der Waals surface area contributed by atoms with Gasteiger partial charge in [-0.2, -0.15) is 0 Å². The molecule has 21 heavy (non-hydrogen) atoms. The molecule has 2 aromatic rings. The predicted octanol–water partition coefficient (Wildman–Crippen LogP) is 4.58. The molecule has 0 fully saturated rings. The van der Waals surface area contributed by atoms with Crippen molar-refractivity contribution < 1.29 is 9.53 Å². The molecule has 0 unspecified atom stereocenters. The van der Waals surface area contributed by atoms with E-state index in [0.29, 0.717) is 5.75 Å². The molecule has 0 bridgehead atoms. The maximum atomic E-state index is 12.2. The maximum absolute atomic E-state index is 12.2. The van der Waals surface area contributed by atoms with Crippen molar-refractivity contribution in [1.29, 1.82) is 0 Å². The molecule has 0 radical (unpaired) electrons. The van der Waals surface area contributed by atoms with Crippen LogP contribution < -0.4 is 10.1 Å². The van der Waals surface area contributed by atoms with E-state index in [0.717, 1.165) is 15.1 Å². The summed E-state index contributed by atoms with van der Waals surface area (Å²) in [6, 6.07) is 15.1. The van der Waals surface area contributed by atoms with Gasteiger partial charge in [-0.3, -0.25) is 4.79 Å². The minimum Gasteiger partial charge on any atom is -0.481 e. The molecule has 1 amide bonds. The van der Waals surface area contributed by atoms with E-state index in [1.165, 1.54) is 0 Å². The monoisotopic (exact) mass is 365 g/mol. The maximum Gasteiger partial charge on any atom is 0.265 e. The fourth-order valence-electron chi connectivity index (χ4n) is 1.75. The van der Waals surface area contributed by atoms with Crippen LogP contribution in [0.1, 0.15) is 6.92 Å². The highest BCUT2D eigenvalue weighted by Crippen LogP contribution is 2.25. The van der Waals surface area contributed by atoms with Crippen molar-refractivity contribution in [3.05, 3.63) is 53.0 Å². The molecular weight excluding hydrogens is 350 g/mol. The molecule has 0 aromatic heterocycles. The van der Waals surface area contributed by atoms with Crippen molar-refractivity contribution in [2.45, 2.75) is 17.9 Å². The van der Waals surface area contributed by atoms with Crippen LogP contribution in [0.25, 0.3) is 0 Å². The quantitative estimate of drug-likeness (QED) is 0.788. The second kappa shape index (κ2) is 7.52. The number of rotatable bonds is 5. The third-order valence-corrected chi connectivity index (χ3v) is 4.19. The van der Waals surface area contributed by atoms with Crippen LogP contribution in [0.3, 0.4) is 0 Å². The van der Waals surface area contributed by atoms with Gasteiger partial charge in [0.1, 0.15) is 5.75 Å². The summed E-state index contributed by atoms with van der Waals surface area (Å²) in [7, 11) is 0. The first-order valence-electron chi connectivity index (χ1n) is 6.46. The number of carbonyl (C=O) groups excluding carboxylic acids is 1. The number of ether oxygens (including phenoxy) is 1. The van der Waals surface area contributed by atoms with Crippen molar-refractivity contribution in [1.82, 2.24) is 0 Å². The standard InChI is InChI=1S/C16H16BrNO2S/c1-11(20-13-9-7-12(17)8-10-13)16(19)18-14-5-3-4-6-15(14)21-2/h3-11H,1-2H3,(H,18,19)/t11-/m0/s1. The van der Waals surface area contributed by atoms with E-state index in [1.807, 2.05) is 54.8 Å². The van der Waals surface area contributed by atoms with Gasteiger partial charge in [0.2, 0.25) is 0 Å². The molecule has 0 aliphatic carbocycles. The van der Waals surface area contributed by atoms with E-state index in [-0.39, 0.29) is 5.91 Å². The number of para-hydroxylation sites is 1. The Bertz CT molecular complexity index is 616. The Morgan fingerprint density at radius 3 is 2.52 bits per heavy atom. The molecule has 2 rings (SSSR count). The van der Waals surface area contributed by atoms with E-state index in [9.17, 15) is 4.79 Å². The lowest BCUT2D eigenvalue weighted by Gasteiger charge is -2.16. The highest BCUT2D eigenvalue weighted by molar-refractivity contribution is 9.10. The Balaban J connectivity index is 2.01. The van der Waals surface area contributed by atoms with Gasteiger partial charge in [0.25, 0.3) is 5.91 Å². The Morgan fingerprint density at radius 2 is 1.86 bits per heavy atom. The zero-order valence-corrected chi connectivity index (χ0v) is 14.2. The van der Waals surface area contributed by atoms with Crippen LogP contribution in [-0.4, -0.2) is 18.3 Å². The fourth-order valence-corrected chi connectivity index (χ4v) is 2.57. The molecule has 0 aliphatic rings. The number of amides is 1. The van der Waals surface area contributed by atoms with E-state index in [1.54, 1.807) is 18.7 Å². The summed E-state index contributed by atoms with van der Waals surface area (Å²) in [4.78, 5) is 13.2. The lowest BCUT2D eigenvalue weighted by Crippen LogP contribution is -2.30. The highest BCUT2D eigenvalue weighted by Gasteiger charge is 2.16. The first-order chi connectivity index (χ1) is 10.1. The van der Waals surface area contributed by atoms with Crippen LogP contribution in [0.15, 0.2) is 57.9 Å². The van der Waals surface area contributed by atoms with E-state index in [2.05, 4.69) is 21.2 Å². The highest BCUT2D eigenvalue weighted by atomic mass is 79.9. The largest absolute Gasteiger partial charge is 0.481 e. The van der Waals surface area contributed by atoms with Crippen LogP contribution in [0.2, 0.25) is 0 Å². The Hall–Kier alpha value is -1.46. The lowest BCUT2D eigenvalue weighted by atomic mass is 10.3. The van der Waals surface area contributed by atoms with Crippen LogP contribution in [0.5, 0.6) is 5.75 Å². The number of thioether (sulfide) groups is 1. The van der Waals surface area contributed by atoms with Gasteiger partial charge in [-0.25, -0.2) is 0 Å². The molecule has 0 aliphatic heterocycles. The average molecular weight is 366 g/mol. The molecular formula is C16H16BrNO2S. The summed E-state index contributed by atoms with van der Waals surface area (Å²) in [5.74, 6) is 0.499. The number of nitrogens with one attached hydrogen (secondary N) is 1.